The minimum Gasteiger partial charge on any atom is -0.491 e. The van der Waals surface area contributed by atoms with Gasteiger partial charge in [-0.1, -0.05) is 0 Å². The molecular weight excluding hydrogens is 130 g/mol. The molecule has 0 amide bonds. The van der Waals surface area contributed by atoms with Gasteiger partial charge in [0, 0.05) is 12.3 Å². The van der Waals surface area contributed by atoms with E-state index in [1.807, 2.05) is 0 Å². The van der Waals surface area contributed by atoms with Crippen molar-refractivity contribution < 1.29 is 4.74 Å². The minimum absolute atomic E-state index is 0.0845. The molecule has 1 rings (SSSR count). The number of pyridine rings is 1. The van der Waals surface area contributed by atoms with Crippen molar-refractivity contribution in [3.63, 3.8) is 0 Å². The summed E-state index contributed by atoms with van der Waals surface area (Å²) in [5, 5.41) is 0. The monoisotopic (exact) mass is 139 g/mol. The number of hydrogen-bond acceptors (Lipinski definition) is 2. The van der Waals surface area contributed by atoms with E-state index in [1.165, 1.54) is 13.2 Å². The molecule has 0 saturated heterocycles. The van der Waals surface area contributed by atoms with Crippen molar-refractivity contribution in [2.45, 2.75) is 6.92 Å². The van der Waals surface area contributed by atoms with Crippen molar-refractivity contribution in [3.05, 3.63) is 28.2 Å². The Balaban J connectivity index is 3.31. The standard InChI is InChI=1S/C7H9NO2/c1-5-7(10-2)6(9)3-4-8-5/h3-4H,1-2H3,(H,8,9). The van der Waals surface area contributed by atoms with Gasteiger partial charge in [-0.05, 0) is 6.92 Å². The predicted molar refractivity (Wildman–Crippen MR) is 38.4 cm³/mol. The summed E-state index contributed by atoms with van der Waals surface area (Å²) in [6.07, 6.45) is 1.60. The second-order valence-corrected chi connectivity index (χ2v) is 2.00. The topological polar surface area (TPSA) is 42.1 Å². The number of rotatable bonds is 1. The van der Waals surface area contributed by atoms with Crippen LogP contribution >= 0.6 is 0 Å². The number of ether oxygens (including phenoxy) is 1. The molecule has 54 valence electrons. The summed E-state index contributed by atoms with van der Waals surface area (Å²) >= 11 is 0. The van der Waals surface area contributed by atoms with Crippen molar-refractivity contribution in [3.8, 4) is 5.75 Å². The molecule has 0 aliphatic carbocycles. The van der Waals surface area contributed by atoms with Gasteiger partial charge in [-0.3, -0.25) is 4.79 Å². The van der Waals surface area contributed by atoms with Crippen LogP contribution in [0.3, 0.4) is 0 Å². The van der Waals surface area contributed by atoms with Gasteiger partial charge in [-0.15, -0.1) is 0 Å². The van der Waals surface area contributed by atoms with Crippen molar-refractivity contribution in [1.29, 1.82) is 0 Å². The maximum atomic E-state index is 10.9. The first kappa shape index (κ1) is 6.86. The van der Waals surface area contributed by atoms with Crippen molar-refractivity contribution >= 4 is 0 Å². The molecule has 1 aromatic heterocycles. The second kappa shape index (κ2) is 2.56. The highest BCUT2D eigenvalue weighted by Crippen LogP contribution is 2.04. The zero-order valence-electron chi connectivity index (χ0n) is 5.97. The van der Waals surface area contributed by atoms with E-state index in [0.29, 0.717) is 5.75 Å². The number of aryl methyl sites for hydroxylation is 1. The van der Waals surface area contributed by atoms with Gasteiger partial charge in [-0.2, -0.15) is 0 Å². The van der Waals surface area contributed by atoms with Crippen LogP contribution in [0, 0.1) is 6.92 Å². The Morgan fingerprint density at radius 1 is 1.60 bits per heavy atom. The van der Waals surface area contributed by atoms with E-state index in [9.17, 15) is 4.79 Å². The molecule has 3 heteroatoms. The summed E-state index contributed by atoms with van der Waals surface area (Å²) in [6, 6.07) is 1.44. The minimum atomic E-state index is -0.0845. The molecular formula is C7H9NO2. The van der Waals surface area contributed by atoms with Gasteiger partial charge >= 0.3 is 0 Å². The molecule has 0 aliphatic rings. The fourth-order valence-electron chi connectivity index (χ4n) is 0.822. The molecule has 0 aromatic carbocycles. The molecule has 0 spiro atoms. The molecule has 0 bridgehead atoms. The molecule has 0 saturated carbocycles. The number of hydrogen-bond donors (Lipinski definition) is 1. The van der Waals surface area contributed by atoms with Gasteiger partial charge in [0.15, 0.2) is 5.75 Å². The average Bonchev–Trinajstić information content (AvgIpc) is 1.88. The van der Waals surface area contributed by atoms with Crippen LogP contribution in [-0.2, 0) is 0 Å². The van der Waals surface area contributed by atoms with E-state index in [0.717, 1.165) is 5.69 Å². The first-order valence-electron chi connectivity index (χ1n) is 2.98. The fraction of sp³-hybridized carbons (Fsp3) is 0.286. The lowest BCUT2D eigenvalue weighted by molar-refractivity contribution is 0.405. The largest absolute Gasteiger partial charge is 0.491 e. The predicted octanol–water partition coefficient (Wildman–Crippen LogP) is 0.692. The Morgan fingerprint density at radius 2 is 2.30 bits per heavy atom. The fourth-order valence-corrected chi connectivity index (χ4v) is 0.822. The Labute approximate surface area is 58.7 Å². The highest BCUT2D eigenvalue weighted by molar-refractivity contribution is 5.25. The lowest BCUT2D eigenvalue weighted by atomic mass is 10.3. The lowest BCUT2D eigenvalue weighted by Gasteiger charge is -2.00. The highest BCUT2D eigenvalue weighted by Gasteiger charge is 1.99. The van der Waals surface area contributed by atoms with Crippen molar-refractivity contribution in [1.82, 2.24) is 4.98 Å². The molecule has 0 unspecified atom stereocenters. The number of aromatic amines is 1. The zero-order chi connectivity index (χ0) is 7.56. The number of nitrogens with one attached hydrogen (secondary N) is 1. The van der Waals surface area contributed by atoms with Crippen LogP contribution in [0.25, 0.3) is 0 Å². The number of methoxy groups -OCH3 is 1. The van der Waals surface area contributed by atoms with Crippen LogP contribution in [-0.4, -0.2) is 12.1 Å². The van der Waals surface area contributed by atoms with E-state index in [4.69, 9.17) is 4.74 Å². The maximum absolute atomic E-state index is 10.9. The van der Waals surface area contributed by atoms with Crippen LogP contribution in [0.5, 0.6) is 5.75 Å². The summed E-state index contributed by atoms with van der Waals surface area (Å²) in [5.41, 5.74) is 0.675. The van der Waals surface area contributed by atoms with Crippen LogP contribution < -0.4 is 10.2 Å². The Morgan fingerprint density at radius 3 is 2.70 bits per heavy atom. The maximum Gasteiger partial charge on any atom is 0.223 e. The van der Waals surface area contributed by atoms with Crippen molar-refractivity contribution in [2.24, 2.45) is 0 Å². The molecule has 1 aromatic rings. The number of H-pyrrole nitrogens is 1. The molecule has 0 radical (unpaired) electrons. The smallest absolute Gasteiger partial charge is 0.223 e. The summed E-state index contributed by atoms with van der Waals surface area (Å²) < 4.78 is 4.83. The van der Waals surface area contributed by atoms with E-state index in [2.05, 4.69) is 4.98 Å². The van der Waals surface area contributed by atoms with Crippen LogP contribution in [0.2, 0.25) is 0 Å². The zero-order valence-corrected chi connectivity index (χ0v) is 5.97. The van der Waals surface area contributed by atoms with Crippen LogP contribution in [0.15, 0.2) is 17.1 Å². The third kappa shape index (κ3) is 1.03. The Hall–Kier alpha value is -1.25. The van der Waals surface area contributed by atoms with Gasteiger partial charge in [-0.25, -0.2) is 0 Å². The van der Waals surface area contributed by atoms with Gasteiger partial charge in [0.25, 0.3) is 0 Å². The summed E-state index contributed by atoms with van der Waals surface area (Å²) in [7, 11) is 1.48. The molecule has 10 heavy (non-hydrogen) atoms. The number of aromatic nitrogens is 1. The van der Waals surface area contributed by atoms with E-state index in [1.54, 1.807) is 13.1 Å². The molecule has 0 aliphatic heterocycles. The van der Waals surface area contributed by atoms with Gasteiger partial charge in [0.1, 0.15) is 0 Å². The first-order chi connectivity index (χ1) is 4.75. The average molecular weight is 139 g/mol. The first-order valence-corrected chi connectivity index (χ1v) is 2.98. The quantitative estimate of drug-likeness (QED) is 0.622. The van der Waals surface area contributed by atoms with E-state index >= 15 is 0 Å². The third-order valence-electron chi connectivity index (χ3n) is 1.30. The van der Waals surface area contributed by atoms with Crippen LogP contribution in [0.1, 0.15) is 5.69 Å². The van der Waals surface area contributed by atoms with Gasteiger partial charge in [0.2, 0.25) is 5.43 Å². The molecule has 0 fully saturated rings. The summed E-state index contributed by atoms with van der Waals surface area (Å²) in [4.78, 5) is 13.8. The summed E-state index contributed by atoms with van der Waals surface area (Å²) in [6.45, 7) is 1.79. The lowest BCUT2D eigenvalue weighted by Crippen LogP contribution is -2.06. The van der Waals surface area contributed by atoms with Crippen molar-refractivity contribution in [2.75, 3.05) is 7.11 Å². The van der Waals surface area contributed by atoms with Crippen LogP contribution in [0.4, 0.5) is 0 Å². The molecule has 1 heterocycles. The Bertz CT molecular complexity index is 277. The summed E-state index contributed by atoms with van der Waals surface area (Å²) in [5.74, 6) is 0.391. The Kier molecular flexibility index (Phi) is 1.76. The molecule has 1 N–H and O–H groups in total. The molecule has 3 nitrogen and oxygen atoms in total. The van der Waals surface area contributed by atoms with Gasteiger partial charge < -0.3 is 9.72 Å². The SMILES string of the molecule is COc1c(C)[nH]ccc1=O. The van der Waals surface area contributed by atoms with E-state index in [-0.39, 0.29) is 5.43 Å². The highest BCUT2D eigenvalue weighted by atomic mass is 16.5. The van der Waals surface area contributed by atoms with Gasteiger partial charge in [0.05, 0.1) is 12.8 Å². The third-order valence-corrected chi connectivity index (χ3v) is 1.30. The molecule has 0 atom stereocenters. The second-order valence-electron chi connectivity index (χ2n) is 2.00. The normalized spacial score (nSPS) is 9.40. The van der Waals surface area contributed by atoms with E-state index < -0.39 is 0 Å².